The SMILES string of the molecule is CN(C(=O)c1cc2ccccc2[nH]1)[C@@H]1CCCc2[nH]c(=O)c3cc(F)ccc3c21. The third kappa shape index (κ3) is 2.83. The van der Waals surface area contributed by atoms with Gasteiger partial charge < -0.3 is 14.9 Å². The molecule has 0 aliphatic heterocycles. The van der Waals surface area contributed by atoms with Crippen molar-refractivity contribution in [3.8, 4) is 0 Å². The van der Waals surface area contributed by atoms with Gasteiger partial charge in [0.25, 0.3) is 11.5 Å². The molecule has 0 radical (unpaired) electrons. The second-order valence-electron chi connectivity index (χ2n) is 7.63. The number of H-pyrrole nitrogens is 2. The van der Waals surface area contributed by atoms with E-state index in [0.29, 0.717) is 16.5 Å². The summed E-state index contributed by atoms with van der Waals surface area (Å²) in [6, 6.07) is 13.7. The molecule has 0 fully saturated rings. The first-order valence-corrected chi connectivity index (χ1v) is 9.72. The standard InChI is InChI=1S/C23H20FN3O2/c1-27(23(29)19-11-13-5-2-3-6-17(13)25-19)20-8-4-7-18-21(20)15-10-9-14(24)12-16(15)22(28)26-18/h2-3,5-6,9-12,20,25H,4,7-8H2,1H3,(H,26,28)/t20-/m1/s1. The van der Waals surface area contributed by atoms with Gasteiger partial charge >= 0.3 is 0 Å². The molecule has 1 aliphatic carbocycles. The van der Waals surface area contributed by atoms with Gasteiger partial charge in [-0.3, -0.25) is 9.59 Å². The van der Waals surface area contributed by atoms with Crippen molar-refractivity contribution in [1.29, 1.82) is 0 Å². The van der Waals surface area contributed by atoms with Gasteiger partial charge in [0.1, 0.15) is 11.5 Å². The molecule has 2 aromatic carbocycles. The monoisotopic (exact) mass is 389 g/mol. The normalized spacial score (nSPS) is 16.1. The summed E-state index contributed by atoms with van der Waals surface area (Å²) in [5.41, 5.74) is 2.90. The Kier molecular flexibility index (Phi) is 4.01. The smallest absolute Gasteiger partial charge is 0.270 e. The number of fused-ring (bicyclic) bond motifs is 4. The molecular formula is C23H20FN3O2. The number of aromatic amines is 2. The molecule has 0 spiro atoms. The highest BCUT2D eigenvalue weighted by Gasteiger charge is 2.30. The van der Waals surface area contributed by atoms with Crippen LogP contribution in [-0.2, 0) is 6.42 Å². The van der Waals surface area contributed by atoms with Gasteiger partial charge in [-0.25, -0.2) is 4.39 Å². The number of hydrogen-bond donors (Lipinski definition) is 2. The van der Waals surface area contributed by atoms with Crippen LogP contribution in [0.4, 0.5) is 4.39 Å². The van der Waals surface area contributed by atoms with Gasteiger partial charge in [-0.1, -0.05) is 24.3 Å². The predicted molar refractivity (Wildman–Crippen MR) is 111 cm³/mol. The van der Waals surface area contributed by atoms with Gasteiger partial charge in [-0.2, -0.15) is 0 Å². The second-order valence-corrected chi connectivity index (χ2v) is 7.63. The highest BCUT2D eigenvalue weighted by atomic mass is 19.1. The number of carbonyl (C=O) groups is 1. The van der Waals surface area contributed by atoms with Crippen molar-refractivity contribution in [2.75, 3.05) is 7.05 Å². The molecule has 1 aliphatic rings. The fourth-order valence-corrected chi connectivity index (χ4v) is 4.48. The van der Waals surface area contributed by atoms with Crippen molar-refractivity contribution in [2.45, 2.75) is 25.3 Å². The number of carbonyl (C=O) groups excluding carboxylic acids is 1. The Hall–Kier alpha value is -3.41. The van der Waals surface area contributed by atoms with Gasteiger partial charge in [0.05, 0.1) is 11.4 Å². The quantitative estimate of drug-likeness (QED) is 0.537. The van der Waals surface area contributed by atoms with E-state index in [1.165, 1.54) is 12.1 Å². The molecule has 2 N–H and O–H groups in total. The summed E-state index contributed by atoms with van der Waals surface area (Å²) in [4.78, 5) is 33.5. The van der Waals surface area contributed by atoms with Crippen molar-refractivity contribution >= 4 is 27.6 Å². The number of hydrogen-bond acceptors (Lipinski definition) is 2. The van der Waals surface area contributed by atoms with Crippen molar-refractivity contribution in [2.24, 2.45) is 0 Å². The van der Waals surface area contributed by atoms with Crippen LogP contribution in [0.1, 0.15) is 40.6 Å². The van der Waals surface area contributed by atoms with E-state index < -0.39 is 5.82 Å². The molecule has 0 unspecified atom stereocenters. The van der Waals surface area contributed by atoms with Gasteiger partial charge in [0.15, 0.2) is 0 Å². The number of nitrogens with one attached hydrogen (secondary N) is 2. The lowest BCUT2D eigenvalue weighted by Gasteiger charge is -2.33. The lowest BCUT2D eigenvalue weighted by atomic mass is 9.86. The third-order valence-corrected chi connectivity index (χ3v) is 5.89. The minimum atomic E-state index is -0.446. The van der Waals surface area contributed by atoms with E-state index in [2.05, 4.69) is 9.97 Å². The fraction of sp³-hybridized carbons (Fsp3) is 0.217. The topological polar surface area (TPSA) is 69.0 Å². The molecule has 146 valence electrons. The van der Waals surface area contributed by atoms with E-state index in [4.69, 9.17) is 0 Å². The minimum Gasteiger partial charge on any atom is -0.351 e. The van der Waals surface area contributed by atoms with Crippen molar-refractivity contribution in [3.63, 3.8) is 0 Å². The summed E-state index contributed by atoms with van der Waals surface area (Å²) in [5.74, 6) is -0.557. The van der Waals surface area contributed by atoms with Gasteiger partial charge in [-0.15, -0.1) is 0 Å². The zero-order chi connectivity index (χ0) is 20.1. The first-order chi connectivity index (χ1) is 14.0. The Morgan fingerprint density at radius 2 is 1.93 bits per heavy atom. The summed E-state index contributed by atoms with van der Waals surface area (Å²) >= 11 is 0. The number of aromatic nitrogens is 2. The first-order valence-electron chi connectivity index (χ1n) is 9.72. The molecule has 29 heavy (non-hydrogen) atoms. The number of para-hydroxylation sites is 1. The van der Waals surface area contributed by atoms with E-state index in [9.17, 15) is 14.0 Å². The largest absolute Gasteiger partial charge is 0.351 e. The van der Waals surface area contributed by atoms with E-state index >= 15 is 0 Å². The van der Waals surface area contributed by atoms with Crippen LogP contribution in [-0.4, -0.2) is 27.8 Å². The summed E-state index contributed by atoms with van der Waals surface area (Å²) < 4.78 is 13.7. The Bertz CT molecular complexity index is 1290. The third-order valence-electron chi connectivity index (χ3n) is 5.89. The summed E-state index contributed by atoms with van der Waals surface area (Å²) in [5, 5.41) is 2.02. The lowest BCUT2D eigenvalue weighted by Crippen LogP contribution is -2.34. The van der Waals surface area contributed by atoms with Gasteiger partial charge in [-0.05, 0) is 48.9 Å². The maximum absolute atomic E-state index is 13.7. The second kappa shape index (κ2) is 6.58. The lowest BCUT2D eigenvalue weighted by molar-refractivity contribution is 0.0711. The molecule has 2 heterocycles. The molecule has 1 amide bonds. The maximum atomic E-state index is 13.7. The molecule has 0 bridgehead atoms. The number of rotatable bonds is 2. The average Bonchev–Trinajstić information content (AvgIpc) is 3.16. The average molecular weight is 389 g/mol. The van der Waals surface area contributed by atoms with Crippen LogP contribution in [0.2, 0.25) is 0 Å². The zero-order valence-corrected chi connectivity index (χ0v) is 16.0. The Morgan fingerprint density at radius 1 is 1.10 bits per heavy atom. The molecule has 5 rings (SSSR count). The molecular weight excluding hydrogens is 369 g/mol. The van der Waals surface area contributed by atoms with Crippen LogP contribution in [0.3, 0.4) is 0 Å². The Morgan fingerprint density at radius 3 is 2.76 bits per heavy atom. The zero-order valence-electron chi connectivity index (χ0n) is 16.0. The molecule has 1 atom stereocenters. The van der Waals surface area contributed by atoms with Crippen LogP contribution in [0.25, 0.3) is 21.7 Å². The number of benzene rings is 2. The molecule has 0 saturated carbocycles. The highest BCUT2D eigenvalue weighted by Crippen LogP contribution is 2.37. The number of pyridine rings is 1. The molecule has 5 nitrogen and oxygen atoms in total. The molecule has 6 heteroatoms. The first kappa shape index (κ1) is 17.7. The Labute approximate surface area is 166 Å². The maximum Gasteiger partial charge on any atom is 0.270 e. The van der Waals surface area contributed by atoms with Crippen molar-refractivity contribution in [3.05, 3.63) is 81.7 Å². The van der Waals surface area contributed by atoms with Crippen LogP contribution in [0.5, 0.6) is 0 Å². The summed E-state index contributed by atoms with van der Waals surface area (Å²) in [7, 11) is 1.79. The van der Waals surface area contributed by atoms with E-state index in [0.717, 1.165) is 41.4 Å². The highest BCUT2D eigenvalue weighted by molar-refractivity contribution is 5.98. The van der Waals surface area contributed by atoms with Crippen molar-refractivity contribution < 1.29 is 9.18 Å². The molecule has 4 aromatic rings. The van der Waals surface area contributed by atoms with E-state index in [1.54, 1.807) is 18.0 Å². The summed E-state index contributed by atoms with van der Waals surface area (Å²) in [6.07, 6.45) is 2.39. The van der Waals surface area contributed by atoms with E-state index in [1.807, 2.05) is 30.3 Å². The number of nitrogens with zero attached hydrogens (tertiary/aromatic N) is 1. The number of amides is 1. The number of aryl methyl sites for hydroxylation is 1. The fourth-order valence-electron chi connectivity index (χ4n) is 4.48. The van der Waals surface area contributed by atoms with Gasteiger partial charge in [0.2, 0.25) is 0 Å². The predicted octanol–water partition coefficient (Wildman–Crippen LogP) is 4.30. The minimum absolute atomic E-state index is 0.111. The van der Waals surface area contributed by atoms with E-state index in [-0.39, 0.29) is 17.5 Å². The van der Waals surface area contributed by atoms with Crippen LogP contribution in [0, 0.1) is 5.82 Å². The van der Waals surface area contributed by atoms with Crippen molar-refractivity contribution in [1.82, 2.24) is 14.9 Å². The van der Waals surface area contributed by atoms with Crippen LogP contribution < -0.4 is 5.56 Å². The van der Waals surface area contributed by atoms with Crippen LogP contribution in [0.15, 0.2) is 53.3 Å². The molecule has 0 saturated heterocycles. The molecule has 2 aromatic heterocycles. The summed E-state index contributed by atoms with van der Waals surface area (Å²) in [6.45, 7) is 0. The Balaban J connectivity index is 1.60. The number of halogens is 1. The van der Waals surface area contributed by atoms with Gasteiger partial charge in [0, 0.05) is 29.2 Å². The van der Waals surface area contributed by atoms with Crippen LogP contribution >= 0.6 is 0 Å².